The topological polar surface area (TPSA) is 58.8 Å². The van der Waals surface area contributed by atoms with Crippen molar-refractivity contribution in [1.82, 2.24) is 24.5 Å². The Morgan fingerprint density at radius 1 is 0.882 bits per heavy atom. The minimum atomic E-state index is 0.295. The fourth-order valence-electron chi connectivity index (χ4n) is 3.91. The summed E-state index contributed by atoms with van der Waals surface area (Å²) in [4.78, 5) is 8.93. The number of anilines is 2. The molecule has 0 saturated carbocycles. The van der Waals surface area contributed by atoms with Crippen molar-refractivity contribution in [2.24, 2.45) is 0 Å². The molecular weight excluding hydrogens is 448 g/mol. The Morgan fingerprint density at radius 2 is 1.68 bits per heavy atom. The summed E-state index contributed by atoms with van der Waals surface area (Å²) in [7, 11) is 6.08. The summed E-state index contributed by atoms with van der Waals surface area (Å²) >= 11 is 6.27. The predicted molar refractivity (Wildman–Crippen MR) is 137 cm³/mol. The molecule has 0 spiro atoms. The molecule has 0 unspecified atom stereocenters. The zero-order valence-electron chi connectivity index (χ0n) is 19.3. The first-order chi connectivity index (χ1) is 16.5. The van der Waals surface area contributed by atoms with Crippen LogP contribution in [0.2, 0.25) is 5.28 Å². The van der Waals surface area contributed by atoms with Crippen molar-refractivity contribution in [2.75, 3.05) is 39.2 Å². The van der Waals surface area contributed by atoms with E-state index in [1.807, 2.05) is 57.5 Å². The molecule has 34 heavy (non-hydrogen) atoms. The van der Waals surface area contributed by atoms with Gasteiger partial charge in [0.1, 0.15) is 18.2 Å². The Bertz CT molecular complexity index is 1450. The number of aromatic nitrogens is 4. The van der Waals surface area contributed by atoms with E-state index in [0.717, 1.165) is 45.8 Å². The van der Waals surface area contributed by atoms with E-state index in [9.17, 15) is 0 Å². The van der Waals surface area contributed by atoms with Crippen molar-refractivity contribution in [1.29, 1.82) is 0 Å². The zero-order valence-corrected chi connectivity index (χ0v) is 20.1. The lowest BCUT2D eigenvalue weighted by molar-refractivity contribution is 0.261. The second kappa shape index (κ2) is 9.29. The fourth-order valence-corrected chi connectivity index (χ4v) is 4.12. The average molecular weight is 473 g/mol. The lowest BCUT2D eigenvalue weighted by Gasteiger charge is -2.21. The molecule has 2 heterocycles. The maximum absolute atomic E-state index is 6.27. The van der Waals surface area contributed by atoms with Crippen molar-refractivity contribution in [3.8, 4) is 16.9 Å². The molecule has 0 radical (unpaired) electrons. The van der Waals surface area contributed by atoms with Crippen LogP contribution in [0.4, 0.5) is 11.5 Å². The molecule has 0 N–H and O–H groups in total. The smallest absolute Gasteiger partial charge is 0.258 e. The summed E-state index contributed by atoms with van der Waals surface area (Å²) in [5.74, 6) is 2.12. The molecule has 0 aliphatic rings. The van der Waals surface area contributed by atoms with Gasteiger partial charge in [-0.2, -0.15) is 4.98 Å². The molecule has 0 aliphatic heterocycles. The van der Waals surface area contributed by atoms with Gasteiger partial charge in [0, 0.05) is 24.7 Å². The van der Waals surface area contributed by atoms with Gasteiger partial charge in [0.15, 0.2) is 0 Å². The standard InChI is InChI=1S/C26H25ClN6O/c1-31(2)15-16-34-21-13-11-18(12-14-21)19-7-6-8-20(17-19)32(3)24-22-9-4-5-10-23(22)33-25(27)29-30-26(33)28-24/h4-14,17H,15-16H2,1-3H3. The van der Waals surface area contributed by atoms with Gasteiger partial charge in [0.25, 0.3) is 5.78 Å². The molecule has 0 fully saturated rings. The first-order valence-corrected chi connectivity index (χ1v) is 11.4. The highest BCUT2D eigenvalue weighted by Crippen LogP contribution is 2.33. The van der Waals surface area contributed by atoms with Crippen LogP contribution in [0.5, 0.6) is 5.75 Å². The Morgan fingerprint density at radius 3 is 2.47 bits per heavy atom. The average Bonchev–Trinajstić information content (AvgIpc) is 3.24. The largest absolute Gasteiger partial charge is 0.492 e. The Labute approximate surface area is 203 Å². The molecular formula is C26H25ClN6O. The van der Waals surface area contributed by atoms with Crippen LogP contribution < -0.4 is 9.64 Å². The van der Waals surface area contributed by atoms with Gasteiger partial charge in [-0.1, -0.05) is 36.4 Å². The van der Waals surface area contributed by atoms with Gasteiger partial charge in [0.2, 0.25) is 5.28 Å². The number of hydrogen-bond acceptors (Lipinski definition) is 6. The van der Waals surface area contributed by atoms with Gasteiger partial charge in [-0.25, -0.2) is 4.40 Å². The summed E-state index contributed by atoms with van der Waals surface area (Å²) in [6.45, 7) is 1.54. The molecule has 0 saturated heterocycles. The number of fused-ring (bicyclic) bond motifs is 3. The number of benzene rings is 3. The van der Waals surface area contributed by atoms with Gasteiger partial charge in [-0.05, 0) is 73.2 Å². The van der Waals surface area contributed by atoms with Gasteiger partial charge >= 0.3 is 0 Å². The van der Waals surface area contributed by atoms with Crippen molar-refractivity contribution >= 4 is 39.8 Å². The molecule has 0 amide bonds. The third-order valence-corrected chi connectivity index (χ3v) is 5.99. The van der Waals surface area contributed by atoms with E-state index in [2.05, 4.69) is 56.4 Å². The number of ether oxygens (including phenoxy) is 1. The molecule has 8 heteroatoms. The molecule has 3 aromatic carbocycles. The highest BCUT2D eigenvalue weighted by Gasteiger charge is 2.16. The minimum absolute atomic E-state index is 0.295. The lowest BCUT2D eigenvalue weighted by Crippen LogP contribution is -2.19. The molecule has 172 valence electrons. The first-order valence-electron chi connectivity index (χ1n) is 11.0. The molecule has 0 aliphatic carbocycles. The van der Waals surface area contributed by atoms with Crippen LogP contribution in [0.3, 0.4) is 0 Å². The van der Waals surface area contributed by atoms with Crippen LogP contribution >= 0.6 is 11.6 Å². The van der Waals surface area contributed by atoms with Crippen LogP contribution in [0.1, 0.15) is 0 Å². The summed E-state index contributed by atoms with van der Waals surface area (Å²) in [6, 6.07) is 24.6. The van der Waals surface area contributed by atoms with Gasteiger partial charge in [-0.15, -0.1) is 10.2 Å². The number of halogens is 1. The van der Waals surface area contributed by atoms with E-state index in [0.29, 0.717) is 17.7 Å². The number of likely N-dealkylation sites (N-methyl/N-ethyl adjacent to an activating group) is 1. The van der Waals surface area contributed by atoms with Gasteiger partial charge in [0.05, 0.1) is 5.52 Å². The van der Waals surface area contributed by atoms with Crippen LogP contribution in [0.25, 0.3) is 27.8 Å². The number of para-hydroxylation sites is 1. The monoisotopic (exact) mass is 472 g/mol. The lowest BCUT2D eigenvalue weighted by atomic mass is 10.0. The first kappa shape index (κ1) is 22.1. The van der Waals surface area contributed by atoms with E-state index in [4.69, 9.17) is 21.3 Å². The van der Waals surface area contributed by atoms with Crippen molar-refractivity contribution in [3.63, 3.8) is 0 Å². The number of nitrogens with zero attached hydrogens (tertiary/aromatic N) is 6. The highest BCUT2D eigenvalue weighted by atomic mass is 35.5. The quantitative estimate of drug-likeness (QED) is 0.320. The van der Waals surface area contributed by atoms with Crippen molar-refractivity contribution in [2.45, 2.75) is 0 Å². The normalized spacial score (nSPS) is 11.4. The fraction of sp³-hybridized carbons (Fsp3) is 0.192. The van der Waals surface area contributed by atoms with E-state index in [-0.39, 0.29) is 0 Å². The summed E-state index contributed by atoms with van der Waals surface area (Å²) < 4.78 is 7.58. The van der Waals surface area contributed by atoms with Crippen LogP contribution in [-0.4, -0.2) is 58.8 Å². The summed E-state index contributed by atoms with van der Waals surface area (Å²) in [5, 5.41) is 9.39. The molecule has 0 atom stereocenters. The summed E-state index contributed by atoms with van der Waals surface area (Å²) in [6.07, 6.45) is 0. The molecule has 7 nitrogen and oxygen atoms in total. The van der Waals surface area contributed by atoms with E-state index < -0.39 is 0 Å². The number of rotatable bonds is 7. The highest BCUT2D eigenvalue weighted by molar-refractivity contribution is 6.29. The van der Waals surface area contributed by atoms with Gasteiger partial charge in [-0.3, -0.25) is 0 Å². The van der Waals surface area contributed by atoms with E-state index in [1.54, 1.807) is 4.40 Å². The van der Waals surface area contributed by atoms with E-state index >= 15 is 0 Å². The second-order valence-corrected chi connectivity index (χ2v) is 8.68. The maximum atomic E-state index is 6.27. The Balaban J connectivity index is 1.46. The second-order valence-electron chi connectivity index (χ2n) is 8.34. The predicted octanol–water partition coefficient (Wildman–Crippen LogP) is 5.31. The summed E-state index contributed by atoms with van der Waals surface area (Å²) in [5.41, 5.74) is 4.15. The zero-order chi connectivity index (χ0) is 23.7. The third-order valence-electron chi connectivity index (χ3n) is 5.74. The van der Waals surface area contributed by atoms with Crippen molar-refractivity contribution in [3.05, 3.63) is 78.1 Å². The molecule has 5 aromatic rings. The van der Waals surface area contributed by atoms with Crippen LogP contribution in [-0.2, 0) is 0 Å². The maximum Gasteiger partial charge on any atom is 0.258 e. The third kappa shape index (κ3) is 4.27. The van der Waals surface area contributed by atoms with E-state index in [1.165, 1.54) is 0 Å². The molecule has 0 bridgehead atoms. The Hall–Kier alpha value is -3.68. The van der Waals surface area contributed by atoms with Crippen LogP contribution in [0.15, 0.2) is 72.8 Å². The molecule has 2 aromatic heterocycles. The van der Waals surface area contributed by atoms with Gasteiger partial charge < -0.3 is 14.5 Å². The Kier molecular flexibility index (Phi) is 6.04. The van der Waals surface area contributed by atoms with Crippen LogP contribution in [0, 0.1) is 0 Å². The molecule has 5 rings (SSSR count). The SMILES string of the molecule is CN(C)CCOc1ccc(-c2cccc(N(C)c3nc4nnc(Cl)n4c4ccccc34)c2)cc1. The van der Waals surface area contributed by atoms with Crippen molar-refractivity contribution < 1.29 is 4.74 Å². The minimum Gasteiger partial charge on any atom is -0.492 e. The number of hydrogen-bond donors (Lipinski definition) is 0.